The van der Waals surface area contributed by atoms with E-state index in [1.807, 2.05) is 18.2 Å². The lowest BCUT2D eigenvalue weighted by molar-refractivity contribution is -0.147. The molecular weight excluding hydrogens is 280 g/mol. The zero-order chi connectivity index (χ0) is 15.9. The highest BCUT2D eigenvalue weighted by Crippen LogP contribution is 2.28. The van der Waals surface area contributed by atoms with Crippen molar-refractivity contribution in [2.24, 2.45) is 5.92 Å². The van der Waals surface area contributed by atoms with Crippen LogP contribution in [0.5, 0.6) is 0 Å². The molecule has 0 bridgehead atoms. The quantitative estimate of drug-likeness (QED) is 0.787. The molecule has 4 nitrogen and oxygen atoms in total. The summed E-state index contributed by atoms with van der Waals surface area (Å²) in [6.07, 6.45) is 3.08. The van der Waals surface area contributed by atoms with E-state index in [9.17, 15) is 14.7 Å². The fourth-order valence-corrected chi connectivity index (χ4v) is 3.08. The van der Waals surface area contributed by atoms with Gasteiger partial charge in [0.2, 0.25) is 0 Å². The maximum absolute atomic E-state index is 11.4. The zero-order valence-corrected chi connectivity index (χ0v) is 13.0. The first kappa shape index (κ1) is 16.7. The number of ether oxygens (including phenoxy) is 1. The van der Waals surface area contributed by atoms with Crippen LogP contribution in [-0.2, 0) is 20.7 Å². The summed E-state index contributed by atoms with van der Waals surface area (Å²) in [7, 11) is 0. The number of carbonyl (C=O) groups excluding carboxylic acids is 2. The molecule has 1 saturated carbocycles. The average molecular weight is 304 g/mol. The molecular formula is C18H24O4. The lowest BCUT2D eigenvalue weighted by Gasteiger charge is -2.20. The molecule has 4 heteroatoms. The van der Waals surface area contributed by atoms with Gasteiger partial charge in [0, 0.05) is 19.8 Å². The minimum Gasteiger partial charge on any atom is -0.463 e. The topological polar surface area (TPSA) is 63.6 Å². The van der Waals surface area contributed by atoms with E-state index in [-0.39, 0.29) is 30.2 Å². The molecule has 0 unspecified atom stereocenters. The molecule has 0 heterocycles. The molecule has 0 spiro atoms. The lowest BCUT2D eigenvalue weighted by Crippen LogP contribution is -2.21. The van der Waals surface area contributed by atoms with Gasteiger partial charge in [0.1, 0.15) is 11.9 Å². The van der Waals surface area contributed by atoms with Crippen LogP contribution in [0.1, 0.15) is 44.6 Å². The average Bonchev–Trinajstić information content (AvgIpc) is 2.80. The number of aliphatic hydroxyl groups is 1. The normalized spacial score (nSPS) is 22.5. The number of esters is 1. The van der Waals surface area contributed by atoms with E-state index in [1.54, 1.807) is 0 Å². The second-order valence-electron chi connectivity index (χ2n) is 6.11. The Balaban J connectivity index is 1.83. The van der Waals surface area contributed by atoms with E-state index in [2.05, 4.69) is 12.1 Å². The van der Waals surface area contributed by atoms with Gasteiger partial charge in [-0.15, -0.1) is 0 Å². The summed E-state index contributed by atoms with van der Waals surface area (Å²) in [5.41, 5.74) is 1.22. The second-order valence-corrected chi connectivity index (χ2v) is 6.11. The van der Waals surface area contributed by atoms with Crippen molar-refractivity contribution in [2.75, 3.05) is 0 Å². The first-order valence-electron chi connectivity index (χ1n) is 7.95. The summed E-state index contributed by atoms with van der Waals surface area (Å²) in [5, 5.41) is 9.83. The number of hydrogen-bond acceptors (Lipinski definition) is 4. The first-order chi connectivity index (χ1) is 10.5. The third kappa shape index (κ3) is 5.26. The Bertz CT molecular complexity index is 497. The minimum atomic E-state index is -0.528. The molecule has 120 valence electrons. The van der Waals surface area contributed by atoms with Gasteiger partial charge in [-0.1, -0.05) is 30.3 Å². The van der Waals surface area contributed by atoms with Crippen molar-refractivity contribution in [3.63, 3.8) is 0 Å². The number of ketones is 1. The van der Waals surface area contributed by atoms with Crippen molar-refractivity contribution >= 4 is 11.8 Å². The lowest BCUT2D eigenvalue weighted by atomic mass is 9.95. The maximum Gasteiger partial charge on any atom is 0.302 e. The Kier molecular flexibility index (Phi) is 6.13. The molecule has 1 aromatic carbocycles. The summed E-state index contributed by atoms with van der Waals surface area (Å²) in [4.78, 5) is 22.6. The van der Waals surface area contributed by atoms with Crippen LogP contribution in [0.2, 0.25) is 0 Å². The Morgan fingerprint density at radius 2 is 2.00 bits per heavy atom. The van der Waals surface area contributed by atoms with E-state index < -0.39 is 6.10 Å². The zero-order valence-electron chi connectivity index (χ0n) is 13.0. The molecule has 0 aliphatic heterocycles. The number of aliphatic hydroxyl groups excluding tert-OH is 1. The molecule has 3 atom stereocenters. The van der Waals surface area contributed by atoms with Gasteiger partial charge in [-0.25, -0.2) is 0 Å². The predicted octanol–water partition coefficient (Wildman–Crippen LogP) is 2.67. The number of rotatable bonds is 7. The van der Waals surface area contributed by atoms with Crippen molar-refractivity contribution in [1.82, 2.24) is 0 Å². The van der Waals surface area contributed by atoms with Gasteiger partial charge in [0.15, 0.2) is 0 Å². The molecule has 0 amide bonds. The fraction of sp³-hybridized carbons (Fsp3) is 0.556. The van der Waals surface area contributed by atoms with Crippen molar-refractivity contribution in [1.29, 1.82) is 0 Å². The monoisotopic (exact) mass is 304 g/mol. The molecule has 0 saturated heterocycles. The number of Topliss-reactive ketones (excluding diaryl/α,β-unsaturated/α-hetero) is 1. The van der Waals surface area contributed by atoms with Gasteiger partial charge in [-0.3, -0.25) is 9.59 Å². The van der Waals surface area contributed by atoms with Gasteiger partial charge in [-0.2, -0.15) is 0 Å². The van der Waals surface area contributed by atoms with Crippen LogP contribution < -0.4 is 0 Å². The van der Waals surface area contributed by atoms with E-state index >= 15 is 0 Å². The Labute approximate surface area is 131 Å². The van der Waals surface area contributed by atoms with Crippen LogP contribution in [0.4, 0.5) is 0 Å². The molecule has 1 aliphatic carbocycles. The summed E-state index contributed by atoms with van der Waals surface area (Å²) in [5.74, 6) is -0.130. The van der Waals surface area contributed by atoms with Crippen LogP contribution in [-0.4, -0.2) is 29.1 Å². The third-order valence-corrected chi connectivity index (χ3v) is 4.26. The smallest absolute Gasteiger partial charge is 0.302 e. The molecule has 0 aromatic heterocycles. The molecule has 0 radical (unpaired) electrons. The van der Waals surface area contributed by atoms with Gasteiger partial charge in [-0.05, 0) is 37.2 Å². The van der Waals surface area contributed by atoms with Gasteiger partial charge >= 0.3 is 5.97 Å². The van der Waals surface area contributed by atoms with Crippen LogP contribution >= 0.6 is 0 Å². The molecule has 1 fully saturated rings. The highest BCUT2D eigenvalue weighted by atomic mass is 16.5. The first-order valence-corrected chi connectivity index (χ1v) is 7.95. The van der Waals surface area contributed by atoms with Crippen molar-refractivity contribution in [3.8, 4) is 0 Å². The van der Waals surface area contributed by atoms with Crippen LogP contribution in [0, 0.1) is 5.92 Å². The Morgan fingerprint density at radius 1 is 1.27 bits per heavy atom. The fourth-order valence-electron chi connectivity index (χ4n) is 3.08. The number of benzene rings is 1. The molecule has 1 aromatic rings. The number of carbonyl (C=O) groups is 2. The van der Waals surface area contributed by atoms with Crippen molar-refractivity contribution in [2.45, 2.75) is 57.7 Å². The largest absolute Gasteiger partial charge is 0.463 e. The third-order valence-electron chi connectivity index (χ3n) is 4.26. The standard InChI is InChI=1S/C18H24O4/c1-13(19)22-17(9-7-14-5-3-2-4-6-14)10-8-15-11-16(20)12-18(15)21/h2-6,15,17-18,21H,7-12H2,1H3/t15-,17+,18-/m1/s1. The maximum atomic E-state index is 11.4. The number of aryl methyl sites for hydroxylation is 1. The molecule has 22 heavy (non-hydrogen) atoms. The molecule has 2 rings (SSSR count). The summed E-state index contributed by atoms with van der Waals surface area (Å²) in [6.45, 7) is 1.42. The second kappa shape index (κ2) is 8.08. The van der Waals surface area contributed by atoms with Gasteiger partial charge < -0.3 is 9.84 Å². The summed E-state index contributed by atoms with van der Waals surface area (Å²) < 4.78 is 5.39. The van der Waals surface area contributed by atoms with Crippen molar-refractivity contribution in [3.05, 3.63) is 35.9 Å². The molecule has 1 aliphatic rings. The predicted molar refractivity (Wildman–Crippen MR) is 83.3 cm³/mol. The number of hydrogen-bond donors (Lipinski definition) is 1. The highest BCUT2D eigenvalue weighted by molar-refractivity contribution is 5.81. The SMILES string of the molecule is CC(=O)O[C@@H](CCc1ccccc1)CC[C@@H]1CC(=O)C[C@H]1O. The van der Waals surface area contributed by atoms with Crippen LogP contribution in [0.25, 0.3) is 0 Å². The summed E-state index contributed by atoms with van der Waals surface area (Å²) in [6, 6.07) is 10.1. The highest BCUT2D eigenvalue weighted by Gasteiger charge is 2.31. The Morgan fingerprint density at radius 3 is 2.59 bits per heavy atom. The van der Waals surface area contributed by atoms with E-state index in [1.165, 1.54) is 12.5 Å². The van der Waals surface area contributed by atoms with Gasteiger partial charge in [0.25, 0.3) is 0 Å². The van der Waals surface area contributed by atoms with Crippen LogP contribution in [0.15, 0.2) is 30.3 Å². The van der Waals surface area contributed by atoms with E-state index in [0.29, 0.717) is 12.8 Å². The molecule has 1 N–H and O–H groups in total. The van der Waals surface area contributed by atoms with E-state index in [4.69, 9.17) is 4.74 Å². The summed E-state index contributed by atoms with van der Waals surface area (Å²) >= 11 is 0. The minimum absolute atomic E-state index is 0.0160. The van der Waals surface area contributed by atoms with Gasteiger partial charge in [0.05, 0.1) is 6.10 Å². The van der Waals surface area contributed by atoms with Crippen LogP contribution in [0.3, 0.4) is 0 Å². The Hall–Kier alpha value is -1.68. The van der Waals surface area contributed by atoms with E-state index in [0.717, 1.165) is 19.3 Å². The van der Waals surface area contributed by atoms with Crippen molar-refractivity contribution < 1.29 is 19.4 Å².